The third-order valence-electron chi connectivity index (χ3n) is 3.96. The molecule has 2 atom stereocenters. The molecular weight excluding hydrogens is 266 g/mol. The van der Waals surface area contributed by atoms with Crippen LogP contribution in [0.5, 0.6) is 0 Å². The SMILES string of the molecule is CN1CCO[C@H]2CCN(c3ncnc(N)c3Cl)C[C@H]21. The summed E-state index contributed by atoms with van der Waals surface area (Å²) < 4.78 is 5.83. The highest BCUT2D eigenvalue weighted by atomic mass is 35.5. The molecule has 0 bridgehead atoms. The van der Waals surface area contributed by atoms with Crippen LogP contribution >= 0.6 is 11.6 Å². The van der Waals surface area contributed by atoms with E-state index in [0.29, 0.717) is 23.0 Å². The van der Waals surface area contributed by atoms with E-state index < -0.39 is 0 Å². The molecule has 2 fully saturated rings. The Morgan fingerprint density at radius 2 is 2.26 bits per heavy atom. The maximum absolute atomic E-state index is 6.20. The second-order valence-corrected chi connectivity index (χ2v) is 5.47. The average Bonchev–Trinajstić information content (AvgIpc) is 2.42. The minimum Gasteiger partial charge on any atom is -0.382 e. The molecule has 7 heteroatoms. The zero-order chi connectivity index (χ0) is 13.4. The van der Waals surface area contributed by atoms with Crippen molar-refractivity contribution in [3.05, 3.63) is 11.3 Å². The molecule has 1 aromatic rings. The van der Waals surface area contributed by atoms with Gasteiger partial charge >= 0.3 is 0 Å². The van der Waals surface area contributed by atoms with Crippen LogP contribution in [0, 0.1) is 0 Å². The maximum Gasteiger partial charge on any atom is 0.153 e. The number of aromatic nitrogens is 2. The van der Waals surface area contributed by atoms with Gasteiger partial charge < -0.3 is 15.4 Å². The second-order valence-electron chi connectivity index (χ2n) is 5.09. The summed E-state index contributed by atoms with van der Waals surface area (Å²) in [6.45, 7) is 3.52. The molecule has 2 aliphatic rings. The summed E-state index contributed by atoms with van der Waals surface area (Å²) >= 11 is 6.20. The van der Waals surface area contributed by atoms with Gasteiger partial charge in [-0.2, -0.15) is 0 Å². The third-order valence-corrected chi connectivity index (χ3v) is 4.32. The van der Waals surface area contributed by atoms with Crippen LogP contribution in [-0.2, 0) is 4.74 Å². The molecule has 0 aromatic carbocycles. The molecule has 2 saturated heterocycles. The van der Waals surface area contributed by atoms with E-state index in [-0.39, 0.29) is 0 Å². The van der Waals surface area contributed by atoms with Gasteiger partial charge in [0.05, 0.1) is 18.8 Å². The molecule has 0 saturated carbocycles. The number of rotatable bonds is 1. The number of nitrogen functional groups attached to an aromatic ring is 1. The Bertz CT molecular complexity index is 471. The normalized spacial score (nSPS) is 28.2. The summed E-state index contributed by atoms with van der Waals surface area (Å²) in [5, 5.41) is 0.445. The van der Waals surface area contributed by atoms with Gasteiger partial charge in [-0.1, -0.05) is 11.6 Å². The predicted octanol–water partition coefficient (Wildman–Crippen LogP) is 0.621. The highest BCUT2D eigenvalue weighted by Gasteiger charge is 2.36. The number of likely N-dealkylation sites (N-methyl/N-ethyl adjacent to an activating group) is 1. The summed E-state index contributed by atoms with van der Waals surface area (Å²) in [7, 11) is 2.14. The molecule has 19 heavy (non-hydrogen) atoms. The van der Waals surface area contributed by atoms with Crippen LogP contribution in [0.3, 0.4) is 0 Å². The Balaban J connectivity index is 1.81. The summed E-state index contributed by atoms with van der Waals surface area (Å²) in [4.78, 5) is 12.7. The van der Waals surface area contributed by atoms with Gasteiger partial charge in [0.2, 0.25) is 0 Å². The molecule has 0 aliphatic carbocycles. The number of hydrogen-bond donors (Lipinski definition) is 1. The first-order chi connectivity index (χ1) is 9.16. The molecule has 6 nitrogen and oxygen atoms in total. The van der Waals surface area contributed by atoms with Crippen LogP contribution in [0.4, 0.5) is 11.6 Å². The lowest BCUT2D eigenvalue weighted by Gasteiger charge is -2.46. The van der Waals surface area contributed by atoms with Crippen LogP contribution < -0.4 is 10.6 Å². The van der Waals surface area contributed by atoms with Gasteiger partial charge in [-0.3, -0.25) is 4.90 Å². The van der Waals surface area contributed by atoms with Crippen molar-refractivity contribution in [1.82, 2.24) is 14.9 Å². The number of nitrogens with two attached hydrogens (primary N) is 1. The van der Waals surface area contributed by atoms with Crippen LogP contribution in [0.2, 0.25) is 5.02 Å². The fourth-order valence-electron chi connectivity index (χ4n) is 2.83. The molecule has 0 amide bonds. The Kier molecular flexibility index (Phi) is 3.47. The Morgan fingerprint density at radius 1 is 1.42 bits per heavy atom. The van der Waals surface area contributed by atoms with E-state index in [9.17, 15) is 0 Å². The van der Waals surface area contributed by atoms with Crippen molar-refractivity contribution < 1.29 is 4.74 Å². The first-order valence-corrected chi connectivity index (χ1v) is 6.87. The molecule has 0 radical (unpaired) electrons. The lowest BCUT2D eigenvalue weighted by atomic mass is 9.99. The van der Waals surface area contributed by atoms with E-state index in [1.807, 2.05) is 0 Å². The van der Waals surface area contributed by atoms with Crippen LogP contribution in [-0.4, -0.2) is 60.3 Å². The van der Waals surface area contributed by atoms with E-state index in [2.05, 4.69) is 26.8 Å². The minimum absolute atomic E-state index is 0.313. The van der Waals surface area contributed by atoms with Crippen molar-refractivity contribution in [3.63, 3.8) is 0 Å². The standard InChI is InChI=1S/C12H18ClN5O/c1-17-4-5-19-9-2-3-18(6-8(9)17)12-10(13)11(14)15-7-16-12/h7-9H,2-6H2,1H3,(H2,14,15,16)/t8-,9+/m1/s1. The summed E-state index contributed by atoms with van der Waals surface area (Å²) in [6.07, 6.45) is 2.76. The highest BCUT2D eigenvalue weighted by molar-refractivity contribution is 6.35. The number of hydrogen-bond acceptors (Lipinski definition) is 6. The molecule has 2 N–H and O–H groups in total. The molecule has 3 heterocycles. The summed E-state index contributed by atoms with van der Waals surface area (Å²) in [5.41, 5.74) is 5.74. The van der Waals surface area contributed by atoms with Gasteiger partial charge in [0, 0.05) is 19.6 Å². The van der Waals surface area contributed by atoms with Gasteiger partial charge in [-0.25, -0.2) is 9.97 Å². The van der Waals surface area contributed by atoms with Gasteiger partial charge in [-0.15, -0.1) is 0 Å². The predicted molar refractivity (Wildman–Crippen MR) is 74.4 cm³/mol. The Hall–Kier alpha value is -1.11. The Labute approximate surface area is 117 Å². The molecule has 1 aromatic heterocycles. The molecule has 3 rings (SSSR count). The van der Waals surface area contributed by atoms with Crippen LogP contribution in [0.1, 0.15) is 6.42 Å². The van der Waals surface area contributed by atoms with Gasteiger partial charge in [-0.05, 0) is 13.5 Å². The highest BCUT2D eigenvalue weighted by Crippen LogP contribution is 2.31. The van der Waals surface area contributed by atoms with Crippen molar-refractivity contribution in [1.29, 1.82) is 0 Å². The van der Waals surface area contributed by atoms with Gasteiger partial charge in [0.1, 0.15) is 17.2 Å². The van der Waals surface area contributed by atoms with Crippen LogP contribution in [0.15, 0.2) is 6.33 Å². The fraction of sp³-hybridized carbons (Fsp3) is 0.667. The van der Waals surface area contributed by atoms with Crippen molar-refractivity contribution in [3.8, 4) is 0 Å². The van der Waals surface area contributed by atoms with Gasteiger partial charge in [0.15, 0.2) is 5.82 Å². The third kappa shape index (κ3) is 2.35. The van der Waals surface area contributed by atoms with Crippen molar-refractivity contribution in [2.75, 3.05) is 43.9 Å². The number of fused-ring (bicyclic) bond motifs is 1. The first-order valence-electron chi connectivity index (χ1n) is 6.49. The van der Waals surface area contributed by atoms with Crippen molar-refractivity contribution >= 4 is 23.2 Å². The van der Waals surface area contributed by atoms with Crippen molar-refractivity contribution in [2.24, 2.45) is 0 Å². The van der Waals surface area contributed by atoms with Crippen molar-refractivity contribution in [2.45, 2.75) is 18.6 Å². The number of piperidine rings is 1. The molecule has 0 spiro atoms. The maximum atomic E-state index is 6.20. The quantitative estimate of drug-likeness (QED) is 0.815. The topological polar surface area (TPSA) is 67.5 Å². The zero-order valence-corrected chi connectivity index (χ0v) is 11.7. The smallest absolute Gasteiger partial charge is 0.153 e. The van der Waals surface area contributed by atoms with Gasteiger partial charge in [0.25, 0.3) is 0 Å². The largest absolute Gasteiger partial charge is 0.382 e. The lowest BCUT2D eigenvalue weighted by Crippen LogP contribution is -2.59. The fourth-order valence-corrected chi connectivity index (χ4v) is 3.05. The number of nitrogens with zero attached hydrogens (tertiary/aromatic N) is 4. The number of morpholine rings is 1. The van der Waals surface area contributed by atoms with E-state index >= 15 is 0 Å². The molecule has 104 valence electrons. The molecular formula is C12H18ClN5O. The molecule has 0 unspecified atom stereocenters. The average molecular weight is 284 g/mol. The van der Waals surface area contributed by atoms with E-state index in [0.717, 1.165) is 38.5 Å². The van der Waals surface area contributed by atoms with Crippen LogP contribution in [0.25, 0.3) is 0 Å². The Morgan fingerprint density at radius 3 is 3.11 bits per heavy atom. The van der Waals surface area contributed by atoms with E-state index in [4.69, 9.17) is 22.1 Å². The van der Waals surface area contributed by atoms with E-state index in [1.165, 1.54) is 6.33 Å². The second kappa shape index (κ2) is 5.11. The van der Waals surface area contributed by atoms with E-state index in [1.54, 1.807) is 0 Å². The number of halogens is 1. The lowest BCUT2D eigenvalue weighted by molar-refractivity contribution is -0.0687. The minimum atomic E-state index is 0.313. The summed E-state index contributed by atoms with van der Waals surface area (Å²) in [5.74, 6) is 1.06. The summed E-state index contributed by atoms with van der Waals surface area (Å²) in [6, 6.07) is 0.384. The monoisotopic (exact) mass is 283 g/mol. The zero-order valence-electron chi connectivity index (χ0n) is 10.9. The first kappa shape index (κ1) is 12.9. The number of ether oxygens (including phenoxy) is 1. The number of anilines is 2. The molecule has 2 aliphatic heterocycles.